The SMILES string of the molecule is CC(C)(C)C(=O)C(C)(C)C.CC(C)(C)CC(C)(C)C.CC(C)(C)N=NC(C)(C)C.CC(C)(C)NC(=O)C(C)(C)C.CC(C)(C)NC(=O)C(C)(C)C.CC(C)(C)NC(=O)NC(C)(C)C.CC(C)(C)NC(=O)OC(C)(C)C.CC(C)(C)NC(=O)OC(C)(C)C.CC(C)(C)OC(=O)C(C)(C)C.CC(C)(C)OC(=O)C(C)(C)C.CC(C)(C)OC(=O)OC(C)(C)C.CC(C)(C)OC(C)(C)C.CC(C)(C)SC(C)(C)C.CC(C)(C)SSC(C)(C)C. The number of nitrogens with one attached hydrogen (secondary N) is 6. The molecule has 0 spiro atoms. The predicted octanol–water partition coefficient (Wildman–Crippen LogP) is 36.9. The molecule has 0 rings (SSSR count). The fraction of sp³-hybridized carbons (Fsp3) is 0.926. The Hall–Kier alpha value is -4.76. The average Bonchev–Trinajstić information content (AvgIpc) is 0.848. The first-order valence-electron chi connectivity index (χ1n) is 53.5. The highest BCUT2D eigenvalue weighted by molar-refractivity contribution is 8.77. The van der Waals surface area contributed by atoms with Crippen LogP contribution in [0.1, 0.15) is 588 Å². The lowest BCUT2D eigenvalue weighted by molar-refractivity contribution is -0.165. The van der Waals surface area contributed by atoms with Crippen LogP contribution < -0.4 is 31.9 Å². The lowest BCUT2D eigenvalue weighted by atomic mass is 9.76. The molecular weight excluding hydrogens is 1930 g/mol. The highest BCUT2D eigenvalue weighted by Gasteiger charge is 2.35. The van der Waals surface area contributed by atoms with Crippen molar-refractivity contribution >= 4 is 87.3 Å². The van der Waals surface area contributed by atoms with Crippen LogP contribution in [0.4, 0.5) is 19.2 Å². The first-order chi connectivity index (χ1) is 62.6. The van der Waals surface area contributed by atoms with E-state index < -0.39 is 39.4 Å². The molecule has 0 aliphatic carbocycles. The Morgan fingerprint density at radius 2 is 0.383 bits per heavy atom. The smallest absolute Gasteiger partial charge is 0.460 e. The summed E-state index contributed by atoms with van der Waals surface area (Å²) in [4.78, 5) is 101. The van der Waals surface area contributed by atoms with Gasteiger partial charge in [0.05, 0.1) is 33.1 Å². The third kappa shape index (κ3) is 188. The van der Waals surface area contributed by atoms with Gasteiger partial charge in [-0.2, -0.15) is 22.0 Å². The van der Waals surface area contributed by atoms with Crippen LogP contribution in [-0.4, -0.2) is 162 Å². The standard InChI is InChI=1S/C9H20N2O.2C9H19NO2.2C9H19NO.C9H18O3.2C9H18O2.C9H18O.C9H20.C8H18N2.C8H18O.C8H18S2.C8H18S/c1-8(2,3)10-7(12)11-9(4,5)6;2*1-8(2,3)10-7(11)12-9(4,5)6;2*1-8(2,3)7(11)10-9(4,5)6;1-8(2,3)11-7(10)12-9(4,5)6;2*1-8(2,3)7(10)11-9(4,5)6;1-8(2,3)7(10)9(4,5)6;1-8(2,3)7-9(4,5)6;1-7(2,3)9-10-8(4,5)6;1-7(2,3)9-8(4,5)6;1-7(2,3)9-10-8(4,5)6;1-7(2,3)9-8(4,5)6/h1-6H3,(H2,10,11,12);2*1-6H3,(H,10,11);2*1-6H3,(H,10,11);1-6H3;2*1-6H3;1-6H3;7H2,1-6H3;1-6H3;1-6H3;1-6H3;1-6H3. The monoisotopic (exact) mass is 2190 g/mol. The van der Waals surface area contributed by atoms with Crippen molar-refractivity contribution in [3.63, 3.8) is 0 Å². The Bertz CT molecular complexity index is 3170. The number of esters is 2. The quantitative estimate of drug-likeness (QED) is 0.0615. The van der Waals surface area contributed by atoms with E-state index in [1.807, 2.05) is 407 Å². The maximum Gasteiger partial charge on any atom is 0.509 e. The summed E-state index contributed by atoms with van der Waals surface area (Å²) in [5.74, 6) is 0.227. The van der Waals surface area contributed by atoms with Gasteiger partial charge in [0.2, 0.25) is 11.8 Å². The predicted molar refractivity (Wildman–Crippen MR) is 656 cm³/mol. The molecule has 27 heteroatoms. The minimum Gasteiger partial charge on any atom is -0.460 e. The van der Waals surface area contributed by atoms with Crippen LogP contribution >= 0.6 is 33.3 Å². The van der Waals surface area contributed by atoms with Gasteiger partial charge in [-0.25, -0.2) is 19.2 Å². The van der Waals surface area contributed by atoms with Crippen molar-refractivity contribution < 1.29 is 76.3 Å². The van der Waals surface area contributed by atoms with Crippen LogP contribution in [0.25, 0.3) is 0 Å². The molecule has 902 valence electrons. The van der Waals surface area contributed by atoms with Crippen LogP contribution in [0, 0.1) is 43.3 Å². The average molecular weight is 2190 g/mol. The van der Waals surface area contributed by atoms with Crippen molar-refractivity contribution in [3.8, 4) is 0 Å². The molecule has 0 aromatic heterocycles. The number of rotatable bonds is 1. The molecule has 0 bridgehead atoms. The summed E-state index contributed by atoms with van der Waals surface area (Å²) in [6.07, 6.45) is -0.0556. The summed E-state index contributed by atoms with van der Waals surface area (Å²) in [5, 5.41) is 25.2. The van der Waals surface area contributed by atoms with E-state index in [2.05, 4.69) is 208 Å². The van der Waals surface area contributed by atoms with Crippen LogP contribution in [0.15, 0.2) is 10.2 Å². The molecule has 0 unspecified atom stereocenters. The van der Waals surface area contributed by atoms with E-state index in [0.717, 1.165) is 0 Å². The number of alkyl carbamates (subject to hydrolysis) is 2. The number of ketones is 1. The summed E-state index contributed by atoms with van der Waals surface area (Å²) in [5.41, 5.74) is -4.49. The Balaban J connectivity index is -0.000000110. The molecule has 0 aliphatic heterocycles. The van der Waals surface area contributed by atoms with Gasteiger partial charge < -0.3 is 65.1 Å². The highest BCUT2D eigenvalue weighted by Crippen LogP contribution is 2.43. The third-order valence-corrected chi connectivity index (χ3v) is 18.3. The topological polar surface area (TPSA) is 315 Å². The van der Waals surface area contributed by atoms with Gasteiger partial charge in [-0.3, -0.25) is 24.0 Å². The van der Waals surface area contributed by atoms with Gasteiger partial charge in [0.25, 0.3) is 0 Å². The number of Topliss-reactive ketones (excluding diaryl/α,β-unsaturated/α-hetero) is 1. The summed E-state index contributed by atoms with van der Waals surface area (Å²) >= 11 is 2.01. The van der Waals surface area contributed by atoms with Crippen molar-refractivity contribution in [2.45, 2.75) is 696 Å². The molecule has 24 nitrogen and oxygen atoms in total. The molecule has 0 saturated heterocycles. The van der Waals surface area contributed by atoms with Crippen molar-refractivity contribution in [1.82, 2.24) is 31.9 Å². The van der Waals surface area contributed by atoms with Gasteiger partial charge in [-0.15, -0.1) is 0 Å². The van der Waals surface area contributed by atoms with E-state index in [1.54, 1.807) is 41.5 Å². The molecule has 149 heavy (non-hydrogen) atoms. The number of hydrogen-bond acceptors (Lipinski definition) is 21. The van der Waals surface area contributed by atoms with E-state index in [9.17, 15) is 43.2 Å². The van der Waals surface area contributed by atoms with Gasteiger partial charge >= 0.3 is 36.3 Å². The van der Waals surface area contributed by atoms with E-state index in [4.69, 9.17) is 33.2 Å². The van der Waals surface area contributed by atoms with Gasteiger partial charge in [0.15, 0.2) is 0 Å². The number of thioether (sulfide) groups is 1. The van der Waals surface area contributed by atoms with Crippen LogP contribution in [0.3, 0.4) is 0 Å². The third-order valence-electron chi connectivity index (χ3n) is 12.7. The van der Waals surface area contributed by atoms with Gasteiger partial charge in [0.1, 0.15) is 39.4 Å². The van der Waals surface area contributed by atoms with Crippen molar-refractivity contribution in [2.24, 2.45) is 53.5 Å². The summed E-state index contributed by atoms with van der Waals surface area (Å²) in [6, 6.07) is -0.116. The first kappa shape index (κ1) is 174. The molecule has 0 aromatic rings. The zero-order chi connectivity index (χ0) is 126. The second-order valence-electron chi connectivity index (χ2n) is 66.6. The van der Waals surface area contributed by atoms with Crippen molar-refractivity contribution in [1.29, 1.82) is 0 Å². The zero-order valence-corrected chi connectivity index (χ0v) is 117. The number of nitrogens with zero attached hydrogens (tertiary/aromatic N) is 2. The van der Waals surface area contributed by atoms with Crippen LogP contribution in [0.5, 0.6) is 0 Å². The van der Waals surface area contributed by atoms with Crippen molar-refractivity contribution in [2.75, 3.05) is 0 Å². The van der Waals surface area contributed by atoms with E-state index in [-0.39, 0.29) is 130 Å². The summed E-state index contributed by atoms with van der Waals surface area (Å²) in [7, 11) is 3.91. The molecule has 0 fully saturated rings. The van der Waals surface area contributed by atoms with Crippen LogP contribution in [-0.2, 0) is 57.1 Å². The normalized spacial score (nSPS) is 13.2. The Kier molecular flexibility index (Phi) is 77.5. The van der Waals surface area contributed by atoms with Gasteiger partial charge in [0, 0.05) is 73.9 Å². The Morgan fingerprint density at radius 1 is 0.201 bits per heavy atom. The Morgan fingerprint density at radius 3 is 0.456 bits per heavy atom. The number of hydrogen-bond donors (Lipinski definition) is 6. The maximum atomic E-state index is 11.5. The van der Waals surface area contributed by atoms with Crippen molar-refractivity contribution in [3.05, 3.63) is 0 Å². The lowest BCUT2D eigenvalue weighted by Crippen LogP contribution is -2.52. The summed E-state index contributed by atoms with van der Waals surface area (Å²) in [6.45, 7) is 168. The molecule has 0 aliphatic rings. The number of amides is 6. The molecular formula is C122H260N8O16S3. The molecule has 0 heterocycles. The van der Waals surface area contributed by atoms with Gasteiger partial charge in [-0.05, 0) is 391 Å². The van der Waals surface area contributed by atoms with Crippen LogP contribution in [0.2, 0.25) is 0 Å². The number of carbonyl (C=O) groups excluding carboxylic acids is 9. The number of azo groups is 1. The first-order valence-corrected chi connectivity index (χ1v) is 56.5. The molecule has 6 N–H and O–H groups in total. The Labute approximate surface area is 939 Å². The zero-order valence-electron chi connectivity index (χ0n) is 115. The summed E-state index contributed by atoms with van der Waals surface area (Å²) < 4.78 is 37.6. The molecule has 0 radical (unpaired) electrons. The number of carbonyl (C=O) groups is 9. The highest BCUT2D eigenvalue weighted by atomic mass is 33.1. The number of ether oxygens (including phenoxy) is 7. The second kappa shape index (κ2) is 66.2. The fourth-order valence-electron chi connectivity index (χ4n) is 9.47. The van der Waals surface area contributed by atoms with E-state index >= 15 is 0 Å². The molecule has 0 atom stereocenters. The fourth-order valence-corrected chi connectivity index (χ4v) is 13.3. The number of urea groups is 1. The minimum atomic E-state index is -0.616. The second-order valence-corrected chi connectivity index (χ2v) is 73.1. The van der Waals surface area contributed by atoms with E-state index in [0.29, 0.717) is 35.6 Å². The van der Waals surface area contributed by atoms with E-state index in [1.165, 1.54) is 6.42 Å². The largest absolute Gasteiger partial charge is 0.509 e. The van der Waals surface area contributed by atoms with Gasteiger partial charge in [-0.1, -0.05) is 229 Å². The lowest BCUT2D eigenvalue weighted by Gasteiger charge is -2.30. The minimum absolute atomic E-state index is 0.0156. The maximum absolute atomic E-state index is 11.5. The molecule has 0 aromatic carbocycles. The molecule has 6 amide bonds. The molecule has 0 saturated carbocycles.